The normalized spacial score (nSPS) is 31.4. The van der Waals surface area contributed by atoms with E-state index in [4.69, 9.17) is 9.84 Å². The standard InChI is InChI=1S/C10H12O4/c11-9(12)7-2-1-3-8-6(7)4-5-14-10(8)13/h2,6,8H,1,3-5H2,(H,11,12). The highest BCUT2D eigenvalue weighted by molar-refractivity contribution is 5.89. The number of carbonyl (C=O) groups is 2. The Morgan fingerprint density at radius 2 is 2.21 bits per heavy atom. The number of fused-ring (bicyclic) bond motifs is 1. The van der Waals surface area contributed by atoms with Crippen LogP contribution in [0.3, 0.4) is 0 Å². The maximum absolute atomic E-state index is 11.4. The second kappa shape index (κ2) is 3.44. The average Bonchev–Trinajstić information content (AvgIpc) is 2.17. The summed E-state index contributed by atoms with van der Waals surface area (Å²) in [7, 11) is 0. The first kappa shape index (κ1) is 9.24. The highest BCUT2D eigenvalue weighted by Gasteiger charge is 2.39. The van der Waals surface area contributed by atoms with E-state index in [2.05, 4.69) is 0 Å². The number of cyclic esters (lactones) is 1. The number of hydrogen-bond donors (Lipinski definition) is 1. The van der Waals surface area contributed by atoms with Crippen molar-refractivity contribution in [3.05, 3.63) is 11.6 Å². The predicted molar refractivity (Wildman–Crippen MR) is 47.5 cm³/mol. The van der Waals surface area contributed by atoms with Crippen LogP contribution in [0.4, 0.5) is 0 Å². The number of carbonyl (C=O) groups excluding carboxylic acids is 1. The van der Waals surface area contributed by atoms with Gasteiger partial charge in [0.15, 0.2) is 0 Å². The summed E-state index contributed by atoms with van der Waals surface area (Å²) in [5, 5.41) is 8.94. The molecular weight excluding hydrogens is 184 g/mol. The summed E-state index contributed by atoms with van der Waals surface area (Å²) in [5.74, 6) is -1.47. The van der Waals surface area contributed by atoms with Crippen LogP contribution < -0.4 is 0 Å². The number of carboxylic acids is 1. The van der Waals surface area contributed by atoms with E-state index in [1.807, 2.05) is 0 Å². The highest BCUT2D eigenvalue weighted by atomic mass is 16.5. The van der Waals surface area contributed by atoms with Crippen molar-refractivity contribution in [3.63, 3.8) is 0 Å². The number of rotatable bonds is 1. The molecule has 1 saturated heterocycles. The van der Waals surface area contributed by atoms with Crippen molar-refractivity contribution in [2.45, 2.75) is 19.3 Å². The SMILES string of the molecule is O=C(O)C1=CCCC2C(=O)OCCC12. The van der Waals surface area contributed by atoms with Crippen molar-refractivity contribution in [2.75, 3.05) is 6.61 Å². The van der Waals surface area contributed by atoms with Gasteiger partial charge in [0.1, 0.15) is 0 Å². The summed E-state index contributed by atoms with van der Waals surface area (Å²) < 4.78 is 4.92. The summed E-state index contributed by atoms with van der Waals surface area (Å²) in [6, 6.07) is 0. The minimum Gasteiger partial charge on any atom is -0.478 e. The Morgan fingerprint density at radius 1 is 1.43 bits per heavy atom. The molecule has 2 aliphatic rings. The van der Waals surface area contributed by atoms with E-state index in [0.29, 0.717) is 25.0 Å². The Morgan fingerprint density at radius 3 is 2.93 bits per heavy atom. The Balaban J connectivity index is 2.25. The lowest BCUT2D eigenvalue weighted by molar-refractivity contribution is -0.156. The third kappa shape index (κ3) is 1.41. The van der Waals surface area contributed by atoms with Gasteiger partial charge in [0.2, 0.25) is 0 Å². The fourth-order valence-electron chi connectivity index (χ4n) is 2.27. The zero-order chi connectivity index (χ0) is 10.1. The van der Waals surface area contributed by atoms with E-state index < -0.39 is 5.97 Å². The smallest absolute Gasteiger partial charge is 0.331 e. The van der Waals surface area contributed by atoms with Gasteiger partial charge in [-0.2, -0.15) is 0 Å². The number of esters is 1. The lowest BCUT2D eigenvalue weighted by Gasteiger charge is -2.33. The van der Waals surface area contributed by atoms with E-state index in [0.717, 1.165) is 6.42 Å². The maximum Gasteiger partial charge on any atom is 0.331 e. The van der Waals surface area contributed by atoms with E-state index >= 15 is 0 Å². The number of aliphatic carboxylic acids is 1. The number of ether oxygens (including phenoxy) is 1. The van der Waals surface area contributed by atoms with E-state index in [1.54, 1.807) is 6.08 Å². The lowest BCUT2D eigenvalue weighted by Crippen LogP contribution is -2.37. The predicted octanol–water partition coefficient (Wildman–Crippen LogP) is 0.970. The molecule has 2 unspecified atom stereocenters. The third-order valence-electron chi connectivity index (χ3n) is 2.95. The number of hydrogen-bond acceptors (Lipinski definition) is 3. The minimum absolute atomic E-state index is 0.123. The Kier molecular flexibility index (Phi) is 2.27. The van der Waals surface area contributed by atoms with Crippen molar-refractivity contribution in [2.24, 2.45) is 11.8 Å². The molecule has 4 heteroatoms. The molecular formula is C10H12O4. The molecule has 0 bridgehead atoms. The molecule has 0 saturated carbocycles. The molecule has 2 atom stereocenters. The monoisotopic (exact) mass is 196 g/mol. The second-order valence-corrected chi connectivity index (χ2v) is 3.71. The van der Waals surface area contributed by atoms with Crippen molar-refractivity contribution in [1.82, 2.24) is 0 Å². The fourth-order valence-corrected chi connectivity index (χ4v) is 2.27. The van der Waals surface area contributed by atoms with Gasteiger partial charge in [0.05, 0.1) is 12.5 Å². The molecule has 1 heterocycles. The zero-order valence-electron chi connectivity index (χ0n) is 7.73. The topological polar surface area (TPSA) is 63.6 Å². The van der Waals surface area contributed by atoms with Gasteiger partial charge in [-0.05, 0) is 19.3 Å². The molecule has 0 aromatic carbocycles. The summed E-state index contributed by atoms with van der Waals surface area (Å²) in [6.45, 7) is 0.352. The number of allylic oxidation sites excluding steroid dienone is 1. The molecule has 2 rings (SSSR count). The molecule has 1 fully saturated rings. The maximum atomic E-state index is 11.4. The minimum atomic E-state index is -0.894. The van der Waals surface area contributed by atoms with Crippen LogP contribution >= 0.6 is 0 Å². The van der Waals surface area contributed by atoms with Crippen LogP contribution in [0.25, 0.3) is 0 Å². The van der Waals surface area contributed by atoms with Crippen molar-refractivity contribution < 1.29 is 19.4 Å². The summed E-state index contributed by atoms with van der Waals surface area (Å²) in [6.07, 6.45) is 3.77. The van der Waals surface area contributed by atoms with Gasteiger partial charge in [-0.3, -0.25) is 4.79 Å². The van der Waals surface area contributed by atoms with Gasteiger partial charge >= 0.3 is 11.9 Å². The van der Waals surface area contributed by atoms with Gasteiger partial charge in [-0.15, -0.1) is 0 Å². The zero-order valence-corrected chi connectivity index (χ0v) is 7.73. The van der Waals surface area contributed by atoms with Gasteiger partial charge in [-0.1, -0.05) is 6.08 Å². The first-order chi connectivity index (χ1) is 6.70. The molecule has 0 radical (unpaired) electrons. The van der Waals surface area contributed by atoms with Crippen LogP contribution in [0.5, 0.6) is 0 Å². The molecule has 0 amide bonds. The first-order valence-corrected chi connectivity index (χ1v) is 4.80. The fraction of sp³-hybridized carbons (Fsp3) is 0.600. The van der Waals surface area contributed by atoms with E-state index in [9.17, 15) is 9.59 Å². The quantitative estimate of drug-likeness (QED) is 0.635. The first-order valence-electron chi connectivity index (χ1n) is 4.80. The second-order valence-electron chi connectivity index (χ2n) is 3.71. The van der Waals surface area contributed by atoms with E-state index in [1.165, 1.54) is 0 Å². The molecule has 1 N–H and O–H groups in total. The van der Waals surface area contributed by atoms with Crippen LogP contribution in [0.1, 0.15) is 19.3 Å². The average molecular weight is 196 g/mol. The Bertz CT molecular complexity index is 305. The summed E-state index contributed by atoms with van der Waals surface area (Å²) >= 11 is 0. The molecule has 1 aliphatic heterocycles. The molecule has 14 heavy (non-hydrogen) atoms. The highest BCUT2D eigenvalue weighted by Crippen LogP contribution is 2.36. The van der Waals surface area contributed by atoms with Crippen molar-refractivity contribution in [1.29, 1.82) is 0 Å². The summed E-state index contributed by atoms with van der Waals surface area (Å²) in [4.78, 5) is 22.2. The van der Waals surface area contributed by atoms with Crippen LogP contribution in [0.15, 0.2) is 11.6 Å². The van der Waals surface area contributed by atoms with Gasteiger partial charge in [-0.25, -0.2) is 4.79 Å². The number of carboxylic acid groups (broad SMARTS) is 1. The van der Waals surface area contributed by atoms with Crippen LogP contribution in [0.2, 0.25) is 0 Å². The van der Waals surface area contributed by atoms with Gasteiger partial charge in [0, 0.05) is 11.5 Å². The summed E-state index contributed by atoms with van der Waals surface area (Å²) in [5.41, 5.74) is 0.401. The van der Waals surface area contributed by atoms with Gasteiger partial charge in [0.25, 0.3) is 0 Å². The molecule has 0 aromatic rings. The largest absolute Gasteiger partial charge is 0.478 e. The Labute approximate surface area is 81.6 Å². The lowest BCUT2D eigenvalue weighted by atomic mass is 9.75. The van der Waals surface area contributed by atoms with Crippen LogP contribution in [0, 0.1) is 11.8 Å². The third-order valence-corrected chi connectivity index (χ3v) is 2.95. The van der Waals surface area contributed by atoms with Crippen molar-refractivity contribution in [3.8, 4) is 0 Å². The molecule has 76 valence electrons. The van der Waals surface area contributed by atoms with Crippen molar-refractivity contribution >= 4 is 11.9 Å². The van der Waals surface area contributed by atoms with Gasteiger partial charge < -0.3 is 9.84 Å². The Hall–Kier alpha value is -1.32. The molecule has 4 nitrogen and oxygen atoms in total. The molecule has 0 aromatic heterocycles. The van der Waals surface area contributed by atoms with Crippen LogP contribution in [-0.4, -0.2) is 23.7 Å². The van der Waals surface area contributed by atoms with Crippen LogP contribution in [-0.2, 0) is 14.3 Å². The molecule has 1 aliphatic carbocycles. The molecule has 0 spiro atoms. The van der Waals surface area contributed by atoms with E-state index in [-0.39, 0.29) is 17.8 Å².